The predicted octanol–water partition coefficient (Wildman–Crippen LogP) is 4.31. The van der Waals surface area contributed by atoms with Crippen LogP contribution in [0.5, 0.6) is 0 Å². The van der Waals surface area contributed by atoms with Gasteiger partial charge >= 0.3 is 0 Å². The number of benzene rings is 1. The van der Waals surface area contributed by atoms with Crippen LogP contribution < -0.4 is 5.32 Å². The highest BCUT2D eigenvalue weighted by Gasteiger charge is 2.13. The Kier molecular flexibility index (Phi) is 4.89. The Bertz CT molecular complexity index is 590. The third-order valence-corrected chi connectivity index (χ3v) is 4.27. The zero-order valence-electron chi connectivity index (χ0n) is 12.5. The molecule has 1 aromatic heterocycles. The normalized spacial score (nSPS) is 11.3. The van der Waals surface area contributed by atoms with Gasteiger partial charge in [0.1, 0.15) is 10.8 Å². The lowest BCUT2D eigenvalue weighted by molar-refractivity contribution is 0.554. The summed E-state index contributed by atoms with van der Waals surface area (Å²) in [6, 6.07) is 5.15. The standard InChI is InChI=1S/C16H21FN2S/c1-10(2)8-18-9-15-12(4)19-16(20-15)13-7-11(3)5-6-14(13)17/h5-7,10,18H,8-9H2,1-4H3. The quantitative estimate of drug-likeness (QED) is 0.888. The summed E-state index contributed by atoms with van der Waals surface area (Å²) in [7, 11) is 0. The van der Waals surface area contributed by atoms with E-state index in [0.717, 1.165) is 29.4 Å². The molecule has 1 heterocycles. The second kappa shape index (κ2) is 6.46. The van der Waals surface area contributed by atoms with Gasteiger partial charge in [0.05, 0.1) is 5.69 Å². The molecule has 0 saturated carbocycles. The van der Waals surface area contributed by atoms with E-state index in [0.29, 0.717) is 11.5 Å². The highest BCUT2D eigenvalue weighted by atomic mass is 32.1. The van der Waals surface area contributed by atoms with Crippen LogP contribution in [0, 0.1) is 25.6 Å². The van der Waals surface area contributed by atoms with Crippen molar-refractivity contribution < 1.29 is 4.39 Å². The Morgan fingerprint density at radius 3 is 2.75 bits per heavy atom. The lowest BCUT2D eigenvalue weighted by Gasteiger charge is -2.05. The Balaban J connectivity index is 2.20. The van der Waals surface area contributed by atoms with Gasteiger partial charge in [-0.05, 0) is 38.4 Å². The highest BCUT2D eigenvalue weighted by Crippen LogP contribution is 2.30. The topological polar surface area (TPSA) is 24.9 Å². The van der Waals surface area contributed by atoms with Crippen molar-refractivity contribution in [3.05, 3.63) is 40.2 Å². The minimum absolute atomic E-state index is 0.203. The molecule has 2 rings (SSSR count). The molecule has 0 radical (unpaired) electrons. The van der Waals surface area contributed by atoms with Crippen LogP contribution in [-0.2, 0) is 6.54 Å². The first kappa shape index (κ1) is 15.1. The van der Waals surface area contributed by atoms with Crippen molar-refractivity contribution >= 4 is 11.3 Å². The predicted molar refractivity (Wildman–Crippen MR) is 83.5 cm³/mol. The molecular formula is C16H21FN2S. The SMILES string of the molecule is Cc1ccc(F)c(-c2nc(C)c(CNCC(C)C)s2)c1. The van der Waals surface area contributed by atoms with Crippen molar-refractivity contribution in [1.82, 2.24) is 10.3 Å². The molecule has 4 heteroatoms. The molecule has 1 N–H and O–H groups in total. The fraction of sp³-hybridized carbons (Fsp3) is 0.438. The first-order chi connectivity index (χ1) is 9.47. The van der Waals surface area contributed by atoms with Crippen LogP contribution >= 0.6 is 11.3 Å². The third-order valence-electron chi connectivity index (χ3n) is 3.08. The molecule has 20 heavy (non-hydrogen) atoms. The molecule has 0 atom stereocenters. The lowest BCUT2D eigenvalue weighted by atomic mass is 10.1. The van der Waals surface area contributed by atoms with E-state index < -0.39 is 0 Å². The van der Waals surface area contributed by atoms with Crippen molar-refractivity contribution in [2.24, 2.45) is 5.92 Å². The summed E-state index contributed by atoms with van der Waals surface area (Å²) in [4.78, 5) is 5.70. The van der Waals surface area contributed by atoms with E-state index in [9.17, 15) is 4.39 Å². The number of hydrogen-bond acceptors (Lipinski definition) is 3. The Hall–Kier alpha value is -1.26. The Morgan fingerprint density at radius 2 is 2.05 bits per heavy atom. The van der Waals surface area contributed by atoms with E-state index in [-0.39, 0.29) is 5.82 Å². The zero-order valence-corrected chi connectivity index (χ0v) is 13.3. The summed E-state index contributed by atoms with van der Waals surface area (Å²) in [5, 5.41) is 4.18. The van der Waals surface area contributed by atoms with Crippen LogP contribution in [0.2, 0.25) is 0 Å². The maximum Gasteiger partial charge on any atom is 0.133 e. The van der Waals surface area contributed by atoms with E-state index in [1.54, 1.807) is 17.4 Å². The number of aromatic nitrogens is 1. The lowest BCUT2D eigenvalue weighted by Crippen LogP contribution is -2.18. The number of aryl methyl sites for hydroxylation is 2. The zero-order chi connectivity index (χ0) is 14.7. The van der Waals surface area contributed by atoms with E-state index in [1.807, 2.05) is 19.9 Å². The van der Waals surface area contributed by atoms with E-state index >= 15 is 0 Å². The second-order valence-corrected chi connectivity index (χ2v) is 6.62. The average molecular weight is 292 g/mol. The summed E-state index contributed by atoms with van der Waals surface area (Å²) < 4.78 is 13.9. The van der Waals surface area contributed by atoms with Gasteiger partial charge < -0.3 is 5.32 Å². The van der Waals surface area contributed by atoms with Gasteiger partial charge in [0, 0.05) is 17.0 Å². The van der Waals surface area contributed by atoms with Gasteiger partial charge in [-0.2, -0.15) is 0 Å². The Labute approximate surface area is 124 Å². The molecule has 0 spiro atoms. The van der Waals surface area contributed by atoms with Gasteiger partial charge in [-0.25, -0.2) is 9.37 Å². The molecule has 2 nitrogen and oxygen atoms in total. The van der Waals surface area contributed by atoms with E-state index in [1.165, 1.54) is 10.9 Å². The maximum atomic E-state index is 13.9. The molecule has 0 unspecified atom stereocenters. The second-order valence-electron chi connectivity index (χ2n) is 5.54. The van der Waals surface area contributed by atoms with Crippen LogP contribution in [0.25, 0.3) is 10.6 Å². The molecule has 1 aromatic carbocycles. The third kappa shape index (κ3) is 3.64. The number of nitrogens with one attached hydrogen (secondary N) is 1. The number of rotatable bonds is 5. The molecule has 0 aliphatic rings. The van der Waals surface area contributed by atoms with Crippen LogP contribution in [0.3, 0.4) is 0 Å². The first-order valence-corrected chi connectivity index (χ1v) is 7.72. The van der Waals surface area contributed by atoms with Gasteiger partial charge in [-0.3, -0.25) is 0 Å². The summed E-state index contributed by atoms with van der Waals surface area (Å²) in [5.41, 5.74) is 2.64. The van der Waals surface area contributed by atoms with Crippen LogP contribution in [0.1, 0.15) is 30.0 Å². The van der Waals surface area contributed by atoms with Gasteiger partial charge in [-0.1, -0.05) is 25.5 Å². The number of nitrogens with zero attached hydrogens (tertiary/aromatic N) is 1. The van der Waals surface area contributed by atoms with Crippen LogP contribution in [0.15, 0.2) is 18.2 Å². The summed E-state index contributed by atoms with van der Waals surface area (Å²) >= 11 is 1.57. The molecule has 0 bridgehead atoms. The molecule has 2 aromatic rings. The largest absolute Gasteiger partial charge is 0.312 e. The minimum atomic E-state index is -0.203. The van der Waals surface area contributed by atoms with Gasteiger partial charge in [0.15, 0.2) is 0 Å². The van der Waals surface area contributed by atoms with Crippen molar-refractivity contribution in [3.8, 4) is 10.6 Å². The molecule has 0 aliphatic heterocycles. The summed E-state index contributed by atoms with van der Waals surface area (Å²) in [6.45, 7) is 10.1. The summed E-state index contributed by atoms with van der Waals surface area (Å²) in [5.74, 6) is 0.419. The van der Waals surface area contributed by atoms with E-state index in [2.05, 4.69) is 24.1 Å². The fourth-order valence-corrected chi connectivity index (χ4v) is 3.03. The first-order valence-electron chi connectivity index (χ1n) is 6.91. The monoisotopic (exact) mass is 292 g/mol. The van der Waals surface area contributed by atoms with E-state index in [4.69, 9.17) is 0 Å². The van der Waals surface area contributed by atoms with Gasteiger partial charge in [0.25, 0.3) is 0 Å². The molecule has 108 valence electrons. The highest BCUT2D eigenvalue weighted by molar-refractivity contribution is 7.15. The van der Waals surface area contributed by atoms with Gasteiger partial charge in [0.2, 0.25) is 0 Å². The van der Waals surface area contributed by atoms with Crippen LogP contribution in [-0.4, -0.2) is 11.5 Å². The number of halogens is 1. The summed E-state index contributed by atoms with van der Waals surface area (Å²) in [6.07, 6.45) is 0. The van der Waals surface area contributed by atoms with Crippen molar-refractivity contribution in [3.63, 3.8) is 0 Å². The molecule has 0 amide bonds. The number of thiazole rings is 1. The van der Waals surface area contributed by atoms with Gasteiger partial charge in [-0.15, -0.1) is 11.3 Å². The molecule has 0 aliphatic carbocycles. The molecule has 0 fully saturated rings. The maximum absolute atomic E-state index is 13.9. The fourth-order valence-electron chi connectivity index (χ4n) is 1.98. The smallest absolute Gasteiger partial charge is 0.133 e. The van der Waals surface area contributed by atoms with Crippen LogP contribution in [0.4, 0.5) is 4.39 Å². The number of hydrogen-bond donors (Lipinski definition) is 1. The average Bonchev–Trinajstić information content (AvgIpc) is 2.73. The van der Waals surface area contributed by atoms with Crippen molar-refractivity contribution in [2.45, 2.75) is 34.2 Å². The van der Waals surface area contributed by atoms with Crippen molar-refractivity contribution in [2.75, 3.05) is 6.54 Å². The molecule has 0 saturated heterocycles. The minimum Gasteiger partial charge on any atom is -0.312 e. The molecular weight excluding hydrogens is 271 g/mol. The van der Waals surface area contributed by atoms with Crippen molar-refractivity contribution in [1.29, 1.82) is 0 Å². The Morgan fingerprint density at radius 1 is 1.30 bits per heavy atom.